The maximum atomic E-state index is 6.50. The number of allylic oxidation sites excluding steroid dienone is 14. The summed E-state index contributed by atoms with van der Waals surface area (Å²) in [6.07, 6.45) is 28.2. The first-order chi connectivity index (χ1) is 26.3. The number of hydrogen-bond acceptors (Lipinski definition) is 5. The van der Waals surface area contributed by atoms with Crippen molar-refractivity contribution in [3.8, 4) is 11.4 Å². The van der Waals surface area contributed by atoms with Crippen LogP contribution in [0.25, 0.3) is 78.7 Å². The van der Waals surface area contributed by atoms with E-state index in [1.54, 1.807) is 0 Å². The lowest BCUT2D eigenvalue weighted by molar-refractivity contribution is 0.574. The zero-order valence-corrected chi connectivity index (χ0v) is 28.9. The summed E-state index contributed by atoms with van der Waals surface area (Å²) >= 11 is 0. The van der Waals surface area contributed by atoms with Crippen LogP contribution < -0.4 is 10.6 Å². The van der Waals surface area contributed by atoms with E-state index in [1.165, 1.54) is 11.1 Å². The summed E-state index contributed by atoms with van der Waals surface area (Å²) in [4.78, 5) is 15.7. The van der Waals surface area contributed by atoms with Gasteiger partial charge in [0, 0.05) is 32.5 Å². The first-order valence-electron chi connectivity index (χ1n) is 18.0. The summed E-state index contributed by atoms with van der Waals surface area (Å²) < 4.78 is 12.8. The number of nitrogens with zero attached hydrogens (tertiary/aromatic N) is 3. The van der Waals surface area contributed by atoms with Crippen LogP contribution in [0.15, 0.2) is 161 Å². The summed E-state index contributed by atoms with van der Waals surface area (Å²) in [6, 6.07) is 31.3. The van der Waals surface area contributed by atoms with E-state index in [1.807, 2.05) is 42.5 Å². The van der Waals surface area contributed by atoms with Gasteiger partial charge in [0.15, 0.2) is 17.5 Å². The van der Waals surface area contributed by atoms with Crippen LogP contribution in [0, 0.1) is 0 Å². The Bertz CT molecular complexity index is 2960. The van der Waals surface area contributed by atoms with Crippen LogP contribution in [0.4, 0.5) is 0 Å². The van der Waals surface area contributed by atoms with Gasteiger partial charge < -0.3 is 8.83 Å². The van der Waals surface area contributed by atoms with Crippen LogP contribution in [-0.2, 0) is 0 Å². The Balaban J connectivity index is 1.18. The molecular weight excluding hydrogens is 651 g/mol. The first-order valence-corrected chi connectivity index (χ1v) is 18.0. The van der Waals surface area contributed by atoms with E-state index in [-0.39, 0.29) is 0 Å². The molecule has 0 fully saturated rings. The fourth-order valence-corrected chi connectivity index (χ4v) is 7.45. The lowest BCUT2D eigenvalue weighted by atomic mass is 9.95. The van der Waals surface area contributed by atoms with Crippen molar-refractivity contribution in [2.75, 3.05) is 0 Å². The fraction of sp³-hybridized carbons (Fsp3) is 0.0625. The van der Waals surface area contributed by atoms with E-state index in [0.29, 0.717) is 23.9 Å². The van der Waals surface area contributed by atoms with Crippen LogP contribution in [-0.4, -0.2) is 15.0 Å². The van der Waals surface area contributed by atoms with Crippen LogP contribution in [0.1, 0.15) is 42.0 Å². The molecule has 0 N–H and O–H groups in total. The third kappa shape index (κ3) is 5.63. The monoisotopic (exact) mass is 683 g/mol. The lowest BCUT2D eigenvalue weighted by Crippen LogP contribution is -2.19. The Hall–Kier alpha value is -6.85. The smallest absolute Gasteiger partial charge is 0.167 e. The summed E-state index contributed by atoms with van der Waals surface area (Å²) in [6.45, 7) is 0. The minimum absolute atomic E-state index is 0.555. The van der Waals surface area contributed by atoms with Crippen molar-refractivity contribution < 1.29 is 8.83 Å². The highest BCUT2D eigenvalue weighted by atomic mass is 16.3. The molecule has 3 aromatic heterocycles. The van der Waals surface area contributed by atoms with Crippen molar-refractivity contribution in [1.82, 2.24) is 15.0 Å². The van der Waals surface area contributed by atoms with E-state index in [4.69, 9.17) is 23.8 Å². The van der Waals surface area contributed by atoms with Gasteiger partial charge in [-0.05, 0) is 71.9 Å². The molecule has 3 aliphatic carbocycles. The van der Waals surface area contributed by atoms with Crippen molar-refractivity contribution in [3.05, 3.63) is 185 Å². The SMILES string of the molecule is C1=CC=C(c2ccc(C3=C(c4nc(C5=CCC=c6oc7ccccc7c6=C5)nc(-c5cccc6c5oc5ccccc56)n4)C=CCC=C3)cc2)CC=C1. The van der Waals surface area contributed by atoms with Crippen molar-refractivity contribution in [3.63, 3.8) is 0 Å². The number of rotatable bonds is 5. The van der Waals surface area contributed by atoms with Gasteiger partial charge in [-0.1, -0.05) is 134 Å². The van der Waals surface area contributed by atoms with Gasteiger partial charge in [0.25, 0.3) is 0 Å². The normalized spacial score (nSPS) is 15.5. The Morgan fingerprint density at radius 2 is 1.26 bits per heavy atom. The first kappa shape index (κ1) is 30.9. The molecule has 0 radical (unpaired) electrons. The molecule has 5 nitrogen and oxygen atoms in total. The molecule has 3 heterocycles. The summed E-state index contributed by atoms with van der Waals surface area (Å²) in [5, 5.41) is 4.17. The van der Waals surface area contributed by atoms with Gasteiger partial charge in [-0.25, -0.2) is 15.0 Å². The maximum Gasteiger partial charge on any atom is 0.167 e. The number of hydrogen-bond donors (Lipinski definition) is 0. The average Bonchev–Trinajstić information content (AvgIpc) is 3.40. The maximum absolute atomic E-state index is 6.50. The molecule has 0 saturated heterocycles. The molecule has 0 aliphatic heterocycles. The van der Waals surface area contributed by atoms with Gasteiger partial charge in [-0.2, -0.15) is 0 Å². The van der Waals surface area contributed by atoms with E-state index in [0.717, 1.165) is 84.2 Å². The molecule has 0 bridgehead atoms. The quantitative estimate of drug-likeness (QED) is 0.181. The van der Waals surface area contributed by atoms with Crippen LogP contribution in [0.5, 0.6) is 0 Å². The van der Waals surface area contributed by atoms with E-state index in [2.05, 4.69) is 121 Å². The summed E-state index contributed by atoms with van der Waals surface area (Å²) in [7, 11) is 0. The highest BCUT2D eigenvalue weighted by Gasteiger charge is 2.21. The Morgan fingerprint density at radius 1 is 0.528 bits per heavy atom. The van der Waals surface area contributed by atoms with Gasteiger partial charge in [-0.3, -0.25) is 0 Å². The van der Waals surface area contributed by atoms with E-state index < -0.39 is 0 Å². The van der Waals surface area contributed by atoms with Crippen LogP contribution >= 0.6 is 0 Å². The van der Waals surface area contributed by atoms with Crippen molar-refractivity contribution in [2.45, 2.75) is 19.3 Å². The third-order valence-corrected chi connectivity index (χ3v) is 10.1. The molecule has 3 aliphatic rings. The highest BCUT2D eigenvalue weighted by Crippen LogP contribution is 2.37. The molecule has 10 rings (SSSR count). The van der Waals surface area contributed by atoms with Crippen molar-refractivity contribution in [1.29, 1.82) is 0 Å². The second-order valence-electron chi connectivity index (χ2n) is 13.4. The molecule has 0 unspecified atom stereocenters. The topological polar surface area (TPSA) is 65.0 Å². The summed E-state index contributed by atoms with van der Waals surface area (Å²) in [5.74, 6) is 1.75. The largest absolute Gasteiger partial charge is 0.456 e. The molecule has 7 aromatic rings. The number of para-hydroxylation sites is 3. The van der Waals surface area contributed by atoms with Crippen LogP contribution in [0.2, 0.25) is 0 Å². The number of furan rings is 2. The minimum atomic E-state index is 0.555. The predicted octanol–water partition coefficient (Wildman–Crippen LogP) is 10.6. The lowest BCUT2D eigenvalue weighted by Gasteiger charge is -2.13. The standard InChI is InChI=1S/C48H33N3O2/c1-2-5-15-31(14-4-1)32-26-28-33(29-27-32)35-17-6-3-7-20-39(35)47-49-46(34-16-12-25-44-41(30-34)37-19-9-10-23-42(37)52-44)50-48(51-47)40-22-13-21-38-36-18-8-11-24-43(36)53-45(38)40/h1-2,4-11,13-14,16-30H,3,12,15H2. The van der Waals surface area contributed by atoms with Gasteiger partial charge in [-0.15, -0.1) is 0 Å². The molecular formula is C48H33N3O2. The number of benzene rings is 4. The predicted molar refractivity (Wildman–Crippen MR) is 217 cm³/mol. The van der Waals surface area contributed by atoms with Crippen molar-refractivity contribution in [2.24, 2.45) is 0 Å². The number of fused-ring (bicyclic) bond motifs is 6. The van der Waals surface area contributed by atoms with Gasteiger partial charge in [0.1, 0.15) is 22.2 Å². The molecule has 252 valence electrons. The van der Waals surface area contributed by atoms with E-state index >= 15 is 0 Å². The molecule has 0 saturated carbocycles. The van der Waals surface area contributed by atoms with Gasteiger partial charge in [0.2, 0.25) is 0 Å². The molecule has 0 atom stereocenters. The number of aromatic nitrogens is 3. The minimum Gasteiger partial charge on any atom is -0.456 e. The second-order valence-corrected chi connectivity index (χ2v) is 13.4. The van der Waals surface area contributed by atoms with Crippen molar-refractivity contribution >= 4 is 67.4 Å². The Morgan fingerprint density at radius 3 is 2.15 bits per heavy atom. The zero-order valence-electron chi connectivity index (χ0n) is 28.9. The van der Waals surface area contributed by atoms with Gasteiger partial charge in [0.05, 0.1) is 5.56 Å². The summed E-state index contributed by atoms with van der Waals surface area (Å²) in [5.41, 5.74) is 10.6. The highest BCUT2D eigenvalue weighted by molar-refractivity contribution is 6.09. The zero-order chi connectivity index (χ0) is 35.1. The second kappa shape index (κ2) is 13.0. The molecule has 0 spiro atoms. The molecule has 4 aromatic carbocycles. The molecule has 5 heteroatoms. The Kier molecular flexibility index (Phi) is 7.61. The Labute approximate surface area is 306 Å². The average molecular weight is 684 g/mol. The molecule has 53 heavy (non-hydrogen) atoms. The molecule has 0 amide bonds. The van der Waals surface area contributed by atoms with Crippen LogP contribution in [0.3, 0.4) is 0 Å². The van der Waals surface area contributed by atoms with Gasteiger partial charge >= 0.3 is 0 Å². The third-order valence-electron chi connectivity index (χ3n) is 10.1. The van der Waals surface area contributed by atoms with E-state index in [9.17, 15) is 0 Å². The fourth-order valence-electron chi connectivity index (χ4n) is 7.45.